The molecule has 0 spiro atoms. The molecule has 0 aromatic heterocycles. The zero-order valence-electron chi connectivity index (χ0n) is 24.2. The fourth-order valence-electron chi connectivity index (χ4n) is 3.46. The minimum absolute atomic E-state index is 0.0523. The van der Waals surface area contributed by atoms with E-state index in [0.717, 1.165) is 11.1 Å². The van der Waals surface area contributed by atoms with Gasteiger partial charge >= 0.3 is 0 Å². The molecule has 214 valence electrons. The Morgan fingerprint density at radius 1 is 0.579 bits per heavy atom. The lowest BCUT2D eigenvalue weighted by Gasteiger charge is -2.21. The van der Waals surface area contributed by atoms with Gasteiger partial charge in [0.15, 0.2) is 35.6 Å². The molecule has 2 atom stereocenters. The molecule has 0 amide bonds. The third-order valence-electron chi connectivity index (χ3n) is 5.77. The minimum atomic E-state index is -0.527. The molecule has 0 aliphatic heterocycles. The first-order valence-electron chi connectivity index (χ1n) is 13.2. The third-order valence-corrected chi connectivity index (χ3v) is 5.77. The molecule has 0 aliphatic carbocycles. The molecule has 0 fully saturated rings. The van der Waals surface area contributed by atoms with E-state index in [0.29, 0.717) is 51.1 Å². The van der Waals surface area contributed by atoms with Crippen molar-refractivity contribution in [3.63, 3.8) is 0 Å². The van der Waals surface area contributed by atoms with Gasteiger partial charge in [0.2, 0.25) is 0 Å². The van der Waals surface area contributed by atoms with Crippen molar-refractivity contribution in [1.82, 2.24) is 0 Å². The molecule has 38 heavy (non-hydrogen) atoms. The second-order valence-corrected chi connectivity index (χ2v) is 11.2. The van der Waals surface area contributed by atoms with Gasteiger partial charge in [-0.2, -0.15) is 0 Å². The molecule has 0 heterocycles. The van der Waals surface area contributed by atoms with Gasteiger partial charge in [0.25, 0.3) is 0 Å². The van der Waals surface area contributed by atoms with Crippen LogP contribution in [0.1, 0.15) is 66.5 Å². The van der Waals surface area contributed by atoms with Crippen LogP contribution in [0.5, 0.6) is 23.0 Å². The van der Waals surface area contributed by atoms with Gasteiger partial charge in [-0.15, -0.1) is 0 Å². The topological polar surface area (TPSA) is 95.8 Å². The van der Waals surface area contributed by atoms with Crippen LogP contribution in [0.2, 0.25) is 0 Å². The summed E-state index contributed by atoms with van der Waals surface area (Å²) in [6.45, 7) is 18.4. The van der Waals surface area contributed by atoms with Crippen LogP contribution in [0.3, 0.4) is 0 Å². The maximum atomic E-state index is 10.2. The third kappa shape index (κ3) is 11.1. The maximum Gasteiger partial charge on any atom is 0.197 e. The minimum Gasteiger partial charge on any atom is -0.504 e. The summed E-state index contributed by atoms with van der Waals surface area (Å²) in [7, 11) is 0. The fraction of sp³-hybridized carbons (Fsp3) is 0.600. The van der Waals surface area contributed by atoms with Gasteiger partial charge in [0.05, 0.1) is 39.6 Å². The van der Waals surface area contributed by atoms with Gasteiger partial charge in [0.1, 0.15) is 0 Å². The van der Waals surface area contributed by atoms with Gasteiger partial charge < -0.3 is 38.6 Å². The maximum absolute atomic E-state index is 10.2. The van der Waals surface area contributed by atoms with Gasteiger partial charge in [-0.25, -0.2) is 0 Å². The Hall–Kier alpha value is -2.52. The molecule has 0 saturated heterocycles. The SMILES string of the molecule is CC(OCCOCCOCCOC(C)Oc1ccc(C(C)(C)C)cc1O)Oc1ccc(C(C)(C)C)cc1O. The zero-order chi connectivity index (χ0) is 28.3. The first-order valence-corrected chi connectivity index (χ1v) is 13.2. The largest absolute Gasteiger partial charge is 0.504 e. The van der Waals surface area contributed by atoms with E-state index >= 15 is 0 Å². The molecule has 2 aromatic carbocycles. The summed E-state index contributed by atoms with van der Waals surface area (Å²) in [5.41, 5.74) is 1.96. The van der Waals surface area contributed by atoms with Gasteiger partial charge in [-0.1, -0.05) is 53.7 Å². The van der Waals surface area contributed by atoms with E-state index in [-0.39, 0.29) is 22.3 Å². The predicted molar refractivity (Wildman–Crippen MR) is 147 cm³/mol. The van der Waals surface area contributed by atoms with Gasteiger partial charge in [-0.05, 0) is 60.1 Å². The van der Waals surface area contributed by atoms with Crippen molar-refractivity contribution in [3.8, 4) is 23.0 Å². The van der Waals surface area contributed by atoms with E-state index in [1.807, 2.05) is 12.1 Å². The van der Waals surface area contributed by atoms with Crippen molar-refractivity contribution < 1.29 is 38.6 Å². The van der Waals surface area contributed by atoms with Crippen molar-refractivity contribution in [3.05, 3.63) is 47.5 Å². The smallest absolute Gasteiger partial charge is 0.197 e. The number of ether oxygens (including phenoxy) is 6. The summed E-state index contributed by atoms with van der Waals surface area (Å²) >= 11 is 0. The van der Waals surface area contributed by atoms with Crippen LogP contribution >= 0.6 is 0 Å². The predicted octanol–water partition coefficient (Wildman–Crippen LogP) is 5.91. The Morgan fingerprint density at radius 3 is 1.24 bits per heavy atom. The molecule has 2 N–H and O–H groups in total. The molecule has 8 nitrogen and oxygen atoms in total. The van der Waals surface area contributed by atoms with Crippen LogP contribution in [0.25, 0.3) is 0 Å². The number of benzene rings is 2. The highest BCUT2D eigenvalue weighted by molar-refractivity contribution is 5.44. The highest BCUT2D eigenvalue weighted by Crippen LogP contribution is 2.34. The highest BCUT2D eigenvalue weighted by atomic mass is 16.7. The number of phenols is 2. The summed E-state index contributed by atoms with van der Waals surface area (Å²) < 4.78 is 33.6. The Morgan fingerprint density at radius 2 is 0.921 bits per heavy atom. The van der Waals surface area contributed by atoms with E-state index in [1.54, 1.807) is 38.1 Å². The lowest BCUT2D eigenvalue weighted by atomic mass is 9.87. The van der Waals surface area contributed by atoms with Crippen LogP contribution in [-0.2, 0) is 29.8 Å². The van der Waals surface area contributed by atoms with Crippen LogP contribution in [0, 0.1) is 0 Å². The Kier molecular flexibility index (Phi) is 12.2. The first-order chi connectivity index (χ1) is 17.8. The molecule has 0 radical (unpaired) electrons. The van der Waals surface area contributed by atoms with Crippen LogP contribution < -0.4 is 9.47 Å². The lowest BCUT2D eigenvalue weighted by Crippen LogP contribution is -2.21. The first kappa shape index (κ1) is 31.7. The molecule has 0 bridgehead atoms. The van der Waals surface area contributed by atoms with E-state index in [2.05, 4.69) is 41.5 Å². The number of aromatic hydroxyl groups is 2. The van der Waals surface area contributed by atoms with Gasteiger partial charge in [0, 0.05) is 0 Å². The molecule has 2 unspecified atom stereocenters. The fourth-order valence-corrected chi connectivity index (χ4v) is 3.46. The summed E-state index contributed by atoms with van der Waals surface area (Å²) in [6, 6.07) is 10.9. The summed E-state index contributed by atoms with van der Waals surface area (Å²) in [6.07, 6.45) is -1.05. The molecular formula is C30H46O8. The summed E-state index contributed by atoms with van der Waals surface area (Å²) in [5.74, 6) is 0.965. The van der Waals surface area contributed by atoms with Crippen molar-refractivity contribution in [2.24, 2.45) is 0 Å². The zero-order valence-corrected chi connectivity index (χ0v) is 24.2. The van der Waals surface area contributed by atoms with Crippen LogP contribution in [0.15, 0.2) is 36.4 Å². The van der Waals surface area contributed by atoms with E-state index in [1.165, 1.54) is 0 Å². The average Bonchev–Trinajstić information content (AvgIpc) is 2.81. The summed E-state index contributed by atoms with van der Waals surface area (Å²) in [5, 5.41) is 20.5. The molecular weight excluding hydrogens is 488 g/mol. The molecule has 0 saturated carbocycles. The molecule has 0 aliphatic rings. The van der Waals surface area contributed by atoms with Gasteiger partial charge in [-0.3, -0.25) is 0 Å². The Bertz CT molecular complexity index is 898. The average molecular weight is 535 g/mol. The number of hydrogen-bond acceptors (Lipinski definition) is 8. The molecule has 8 heteroatoms. The van der Waals surface area contributed by atoms with Crippen molar-refractivity contribution in [2.75, 3.05) is 39.6 Å². The second kappa shape index (κ2) is 14.6. The second-order valence-electron chi connectivity index (χ2n) is 11.2. The van der Waals surface area contributed by atoms with Crippen molar-refractivity contribution in [2.45, 2.75) is 78.8 Å². The van der Waals surface area contributed by atoms with Crippen molar-refractivity contribution in [1.29, 1.82) is 0 Å². The number of hydrogen-bond donors (Lipinski definition) is 2. The van der Waals surface area contributed by atoms with E-state index in [9.17, 15) is 10.2 Å². The van der Waals surface area contributed by atoms with Crippen molar-refractivity contribution >= 4 is 0 Å². The number of phenolic OH excluding ortho intramolecular Hbond substituents is 2. The standard InChI is InChI=1S/C30H46O8/c1-21(37-27-11-9-23(19-25(27)31)29(3,4)5)35-17-15-33-13-14-34-16-18-36-22(2)38-28-12-10-24(20-26(28)32)30(6,7)8/h9-12,19-22,31-32H,13-18H2,1-8H3. The highest BCUT2D eigenvalue weighted by Gasteiger charge is 2.18. The van der Waals surface area contributed by atoms with Crippen LogP contribution in [0.4, 0.5) is 0 Å². The summed E-state index contributed by atoms with van der Waals surface area (Å²) in [4.78, 5) is 0. The normalized spacial score (nSPS) is 13.8. The Labute approximate surface area is 227 Å². The van der Waals surface area contributed by atoms with E-state index in [4.69, 9.17) is 28.4 Å². The number of rotatable bonds is 15. The molecule has 2 aromatic rings. The van der Waals surface area contributed by atoms with Crippen LogP contribution in [-0.4, -0.2) is 62.4 Å². The molecule has 2 rings (SSSR count). The monoisotopic (exact) mass is 534 g/mol. The quantitative estimate of drug-likeness (QED) is 0.215. The lowest BCUT2D eigenvalue weighted by molar-refractivity contribution is -0.0949. The Balaban J connectivity index is 1.51. The van der Waals surface area contributed by atoms with E-state index < -0.39 is 12.6 Å².